The minimum Gasteiger partial charge on any atom is -0.462 e. The smallest absolute Gasteiger partial charge is 0.348 e. The summed E-state index contributed by atoms with van der Waals surface area (Å²) in [6.07, 6.45) is 3.68. The van der Waals surface area contributed by atoms with Gasteiger partial charge in [-0.1, -0.05) is 19.4 Å². The van der Waals surface area contributed by atoms with Crippen LogP contribution in [-0.2, 0) is 4.74 Å². The van der Waals surface area contributed by atoms with Gasteiger partial charge >= 0.3 is 5.97 Å². The lowest BCUT2D eigenvalue weighted by molar-refractivity contribution is 0.0505. The molecule has 94 valence electrons. The van der Waals surface area contributed by atoms with Gasteiger partial charge in [0.2, 0.25) is 0 Å². The van der Waals surface area contributed by atoms with E-state index in [9.17, 15) is 4.79 Å². The quantitative estimate of drug-likeness (QED) is 0.607. The highest BCUT2D eigenvalue weighted by Gasteiger charge is 2.11. The van der Waals surface area contributed by atoms with E-state index in [1.54, 1.807) is 12.3 Å². The molecule has 2 aromatic rings. The van der Waals surface area contributed by atoms with Crippen LogP contribution in [0.15, 0.2) is 36.5 Å². The Morgan fingerprint density at radius 1 is 1.33 bits per heavy atom. The van der Waals surface area contributed by atoms with Crippen LogP contribution < -0.4 is 0 Å². The highest BCUT2D eigenvalue weighted by atomic mass is 32.1. The molecule has 0 fully saturated rings. The van der Waals surface area contributed by atoms with E-state index in [0.29, 0.717) is 11.5 Å². The number of rotatable bonds is 5. The Morgan fingerprint density at radius 2 is 2.22 bits per heavy atom. The molecule has 3 nitrogen and oxygen atoms in total. The van der Waals surface area contributed by atoms with Gasteiger partial charge in [0.15, 0.2) is 0 Å². The van der Waals surface area contributed by atoms with Crippen LogP contribution in [0.3, 0.4) is 0 Å². The number of carbonyl (C=O) groups is 1. The van der Waals surface area contributed by atoms with E-state index in [-0.39, 0.29) is 5.97 Å². The first-order chi connectivity index (χ1) is 8.81. The number of carbonyl (C=O) groups excluding carboxylic acids is 1. The van der Waals surface area contributed by atoms with Crippen LogP contribution in [0.2, 0.25) is 0 Å². The molecule has 18 heavy (non-hydrogen) atoms. The van der Waals surface area contributed by atoms with Gasteiger partial charge in [0, 0.05) is 6.20 Å². The van der Waals surface area contributed by atoms with Crippen molar-refractivity contribution in [3.8, 4) is 10.6 Å². The van der Waals surface area contributed by atoms with Crippen molar-refractivity contribution < 1.29 is 9.53 Å². The molecule has 0 spiro atoms. The second-order valence-corrected chi connectivity index (χ2v) is 4.95. The predicted octanol–water partition coefficient (Wildman–Crippen LogP) is 3.77. The standard InChI is InChI=1S/C14H15NO2S/c1-2-3-10-17-14(16)13-8-7-12(18-13)11-6-4-5-9-15-11/h4-9H,2-3,10H2,1H3. The fourth-order valence-electron chi connectivity index (χ4n) is 1.47. The van der Waals surface area contributed by atoms with Gasteiger partial charge in [0.25, 0.3) is 0 Å². The summed E-state index contributed by atoms with van der Waals surface area (Å²) in [5.41, 5.74) is 0.884. The third-order valence-electron chi connectivity index (χ3n) is 2.46. The summed E-state index contributed by atoms with van der Waals surface area (Å²) in [6, 6.07) is 9.43. The third kappa shape index (κ3) is 3.17. The fraction of sp³-hybridized carbons (Fsp3) is 0.286. The van der Waals surface area contributed by atoms with E-state index in [2.05, 4.69) is 11.9 Å². The maximum Gasteiger partial charge on any atom is 0.348 e. The molecule has 0 amide bonds. The minimum absolute atomic E-state index is 0.240. The Bertz CT molecular complexity index is 508. The van der Waals surface area contributed by atoms with Crippen LogP contribution >= 0.6 is 11.3 Å². The van der Waals surface area contributed by atoms with Crippen molar-refractivity contribution in [1.82, 2.24) is 4.98 Å². The fourth-order valence-corrected chi connectivity index (χ4v) is 2.35. The van der Waals surface area contributed by atoms with E-state index < -0.39 is 0 Å². The second-order valence-electron chi connectivity index (χ2n) is 3.87. The topological polar surface area (TPSA) is 39.2 Å². The van der Waals surface area contributed by atoms with E-state index in [4.69, 9.17) is 4.74 Å². The number of esters is 1. The Morgan fingerprint density at radius 3 is 2.94 bits per heavy atom. The van der Waals surface area contributed by atoms with Crippen LogP contribution in [0.1, 0.15) is 29.4 Å². The zero-order valence-electron chi connectivity index (χ0n) is 10.3. The Hall–Kier alpha value is -1.68. The van der Waals surface area contributed by atoms with Crippen LogP contribution in [-0.4, -0.2) is 17.6 Å². The first kappa shape index (κ1) is 12.8. The monoisotopic (exact) mass is 261 g/mol. The van der Waals surface area contributed by atoms with Crippen molar-refractivity contribution in [1.29, 1.82) is 0 Å². The lowest BCUT2D eigenvalue weighted by atomic mass is 10.3. The Labute approximate surface area is 110 Å². The molecule has 0 unspecified atom stereocenters. The zero-order valence-corrected chi connectivity index (χ0v) is 11.1. The molecule has 0 atom stereocenters. The van der Waals surface area contributed by atoms with Crippen molar-refractivity contribution in [2.75, 3.05) is 6.61 Å². The van der Waals surface area contributed by atoms with E-state index in [0.717, 1.165) is 23.4 Å². The average Bonchev–Trinajstić information content (AvgIpc) is 2.89. The third-order valence-corrected chi connectivity index (χ3v) is 3.54. The number of hydrogen-bond donors (Lipinski definition) is 0. The molecule has 0 N–H and O–H groups in total. The number of thiophene rings is 1. The normalized spacial score (nSPS) is 10.3. The Kier molecular flexibility index (Phi) is 4.47. The molecule has 0 bridgehead atoms. The molecule has 0 radical (unpaired) electrons. The molecule has 2 aromatic heterocycles. The number of pyridine rings is 1. The van der Waals surface area contributed by atoms with Crippen LogP contribution in [0, 0.1) is 0 Å². The highest BCUT2D eigenvalue weighted by Crippen LogP contribution is 2.26. The van der Waals surface area contributed by atoms with Gasteiger partial charge in [-0.15, -0.1) is 11.3 Å². The van der Waals surface area contributed by atoms with Gasteiger partial charge in [-0.05, 0) is 30.7 Å². The van der Waals surface area contributed by atoms with Gasteiger partial charge in [-0.3, -0.25) is 4.98 Å². The van der Waals surface area contributed by atoms with Crippen LogP contribution in [0.5, 0.6) is 0 Å². The van der Waals surface area contributed by atoms with Crippen molar-refractivity contribution in [2.45, 2.75) is 19.8 Å². The summed E-state index contributed by atoms with van der Waals surface area (Å²) < 4.78 is 5.17. The highest BCUT2D eigenvalue weighted by molar-refractivity contribution is 7.17. The molecule has 0 aromatic carbocycles. The lowest BCUT2D eigenvalue weighted by Gasteiger charge is -2.00. The first-order valence-corrected chi connectivity index (χ1v) is 6.81. The molecule has 0 aliphatic heterocycles. The molecule has 2 heterocycles. The summed E-state index contributed by atoms with van der Waals surface area (Å²) in [5.74, 6) is -0.240. The lowest BCUT2D eigenvalue weighted by Crippen LogP contribution is -2.03. The summed E-state index contributed by atoms with van der Waals surface area (Å²) in [7, 11) is 0. The number of ether oxygens (including phenoxy) is 1. The molecular weight excluding hydrogens is 246 g/mol. The zero-order chi connectivity index (χ0) is 12.8. The van der Waals surface area contributed by atoms with Gasteiger partial charge in [0.1, 0.15) is 4.88 Å². The number of hydrogen-bond acceptors (Lipinski definition) is 4. The van der Waals surface area contributed by atoms with Crippen LogP contribution in [0.25, 0.3) is 10.6 Å². The molecule has 0 saturated heterocycles. The SMILES string of the molecule is CCCCOC(=O)c1ccc(-c2ccccn2)s1. The molecule has 2 rings (SSSR count). The van der Waals surface area contributed by atoms with Crippen molar-refractivity contribution in [3.05, 3.63) is 41.4 Å². The summed E-state index contributed by atoms with van der Waals surface area (Å²) >= 11 is 1.42. The molecule has 0 saturated carbocycles. The molecule has 0 aliphatic carbocycles. The predicted molar refractivity (Wildman–Crippen MR) is 72.7 cm³/mol. The Balaban J connectivity index is 2.04. The van der Waals surface area contributed by atoms with Crippen LogP contribution in [0.4, 0.5) is 0 Å². The molecule has 0 aliphatic rings. The number of aromatic nitrogens is 1. The maximum absolute atomic E-state index is 11.7. The largest absolute Gasteiger partial charge is 0.462 e. The number of nitrogens with zero attached hydrogens (tertiary/aromatic N) is 1. The van der Waals surface area contributed by atoms with Crippen molar-refractivity contribution >= 4 is 17.3 Å². The van der Waals surface area contributed by atoms with E-state index in [1.165, 1.54) is 11.3 Å². The van der Waals surface area contributed by atoms with Crippen molar-refractivity contribution in [2.24, 2.45) is 0 Å². The molecule has 4 heteroatoms. The second kappa shape index (κ2) is 6.31. The van der Waals surface area contributed by atoms with Gasteiger partial charge in [0.05, 0.1) is 17.2 Å². The molecular formula is C14H15NO2S. The van der Waals surface area contributed by atoms with Gasteiger partial charge < -0.3 is 4.74 Å². The van der Waals surface area contributed by atoms with E-state index >= 15 is 0 Å². The number of unbranched alkanes of at least 4 members (excludes halogenated alkanes) is 1. The van der Waals surface area contributed by atoms with Crippen molar-refractivity contribution in [3.63, 3.8) is 0 Å². The minimum atomic E-state index is -0.240. The summed E-state index contributed by atoms with van der Waals surface area (Å²) in [6.45, 7) is 2.56. The van der Waals surface area contributed by atoms with Gasteiger partial charge in [-0.25, -0.2) is 4.79 Å². The van der Waals surface area contributed by atoms with E-state index in [1.807, 2.05) is 24.3 Å². The summed E-state index contributed by atoms with van der Waals surface area (Å²) in [4.78, 5) is 17.6. The maximum atomic E-state index is 11.7. The first-order valence-electron chi connectivity index (χ1n) is 5.99. The average molecular weight is 261 g/mol. The summed E-state index contributed by atoms with van der Waals surface area (Å²) in [5, 5.41) is 0. The van der Waals surface area contributed by atoms with Gasteiger partial charge in [-0.2, -0.15) is 0 Å².